The largest absolute Gasteiger partial charge is 0.481 e. The Hall–Kier alpha value is -1.36. The number of carboxylic acid groups (broad SMARTS) is 2. The molecule has 0 atom stereocenters. The van der Waals surface area contributed by atoms with Crippen LogP contribution in [0, 0.1) is 5.92 Å². The first kappa shape index (κ1) is 13.6. The Morgan fingerprint density at radius 2 is 1.80 bits per heavy atom. The lowest BCUT2D eigenvalue weighted by molar-refractivity contribution is -0.140. The van der Waals surface area contributed by atoms with Gasteiger partial charge in [-0.15, -0.1) is 6.58 Å². The molecule has 0 radical (unpaired) electrons. The number of carbonyl (C=O) groups is 2. The summed E-state index contributed by atoms with van der Waals surface area (Å²) in [5, 5.41) is 17.1. The Morgan fingerprint density at radius 3 is 2.20 bits per heavy atom. The van der Waals surface area contributed by atoms with E-state index in [1.54, 1.807) is 6.08 Å². The molecular formula is C10H16O5. The van der Waals surface area contributed by atoms with Crippen LogP contribution >= 0.6 is 0 Å². The maximum Gasteiger partial charge on any atom is 0.303 e. The molecule has 0 saturated heterocycles. The van der Waals surface area contributed by atoms with Gasteiger partial charge >= 0.3 is 11.9 Å². The molecule has 86 valence electrons. The molecule has 0 aromatic heterocycles. The van der Waals surface area contributed by atoms with E-state index in [1.165, 1.54) is 0 Å². The number of hydrogen-bond acceptors (Lipinski definition) is 3. The highest BCUT2D eigenvalue weighted by Crippen LogP contribution is 2.13. The van der Waals surface area contributed by atoms with E-state index < -0.39 is 11.9 Å². The smallest absolute Gasteiger partial charge is 0.303 e. The summed E-state index contributed by atoms with van der Waals surface area (Å²) in [6.07, 6.45) is 1.75. The van der Waals surface area contributed by atoms with Crippen LogP contribution in [-0.4, -0.2) is 35.4 Å². The zero-order valence-electron chi connectivity index (χ0n) is 8.52. The molecule has 0 aliphatic heterocycles. The minimum Gasteiger partial charge on any atom is -0.481 e. The Bertz CT molecular complexity index is 208. The molecule has 0 aliphatic rings. The van der Waals surface area contributed by atoms with Gasteiger partial charge in [-0.2, -0.15) is 0 Å². The molecule has 0 aliphatic carbocycles. The van der Waals surface area contributed by atoms with E-state index in [0.29, 0.717) is 19.6 Å². The Labute approximate surface area is 88.4 Å². The lowest BCUT2D eigenvalue weighted by Gasteiger charge is -2.11. The van der Waals surface area contributed by atoms with E-state index in [1.807, 2.05) is 0 Å². The van der Waals surface area contributed by atoms with E-state index >= 15 is 0 Å². The van der Waals surface area contributed by atoms with Crippen molar-refractivity contribution in [3.8, 4) is 0 Å². The summed E-state index contributed by atoms with van der Waals surface area (Å²) < 4.78 is 5.07. The molecule has 0 spiro atoms. The SMILES string of the molecule is C=CCOCCC(CC(=O)O)CC(=O)O. The van der Waals surface area contributed by atoms with Gasteiger partial charge in [-0.25, -0.2) is 0 Å². The van der Waals surface area contributed by atoms with Gasteiger partial charge in [0.2, 0.25) is 0 Å². The highest BCUT2D eigenvalue weighted by Gasteiger charge is 2.16. The summed E-state index contributed by atoms with van der Waals surface area (Å²) in [7, 11) is 0. The molecule has 0 unspecified atom stereocenters. The second kappa shape index (κ2) is 7.99. The normalized spacial score (nSPS) is 10.2. The zero-order valence-corrected chi connectivity index (χ0v) is 8.52. The van der Waals surface area contributed by atoms with Crippen molar-refractivity contribution in [2.75, 3.05) is 13.2 Å². The van der Waals surface area contributed by atoms with Crippen LogP contribution in [0.25, 0.3) is 0 Å². The van der Waals surface area contributed by atoms with Gasteiger partial charge in [0.1, 0.15) is 0 Å². The van der Waals surface area contributed by atoms with Crippen LogP contribution in [0.3, 0.4) is 0 Å². The third-order valence-electron chi connectivity index (χ3n) is 1.83. The van der Waals surface area contributed by atoms with Gasteiger partial charge in [0.15, 0.2) is 0 Å². The van der Waals surface area contributed by atoms with Crippen LogP contribution in [-0.2, 0) is 14.3 Å². The predicted octanol–water partition coefficient (Wildman–Crippen LogP) is 1.14. The van der Waals surface area contributed by atoms with Gasteiger partial charge in [0.05, 0.1) is 6.61 Å². The standard InChI is InChI=1S/C10H16O5/c1-2-4-15-5-3-8(6-9(11)12)7-10(13)14/h2,8H,1,3-7H2,(H,11,12)(H,13,14). The first-order chi connectivity index (χ1) is 7.06. The number of rotatable bonds is 9. The fraction of sp³-hybridized carbons (Fsp3) is 0.600. The molecule has 15 heavy (non-hydrogen) atoms. The van der Waals surface area contributed by atoms with E-state index in [9.17, 15) is 9.59 Å². The van der Waals surface area contributed by atoms with Gasteiger partial charge in [0, 0.05) is 19.4 Å². The van der Waals surface area contributed by atoms with Crippen molar-refractivity contribution in [2.45, 2.75) is 19.3 Å². The van der Waals surface area contributed by atoms with Crippen molar-refractivity contribution < 1.29 is 24.5 Å². The lowest BCUT2D eigenvalue weighted by atomic mass is 9.98. The maximum absolute atomic E-state index is 10.4. The molecule has 0 bridgehead atoms. The highest BCUT2D eigenvalue weighted by molar-refractivity contribution is 5.70. The monoisotopic (exact) mass is 216 g/mol. The summed E-state index contributed by atoms with van der Waals surface area (Å²) in [4.78, 5) is 20.9. The highest BCUT2D eigenvalue weighted by atomic mass is 16.5. The molecule has 2 N–H and O–H groups in total. The molecule has 0 aromatic carbocycles. The second-order valence-corrected chi connectivity index (χ2v) is 3.21. The molecule has 0 saturated carbocycles. The summed E-state index contributed by atoms with van der Waals surface area (Å²) >= 11 is 0. The van der Waals surface area contributed by atoms with Crippen LogP contribution < -0.4 is 0 Å². The molecule has 0 amide bonds. The molecule has 0 rings (SSSR count). The van der Waals surface area contributed by atoms with E-state index in [0.717, 1.165) is 0 Å². The topological polar surface area (TPSA) is 83.8 Å². The number of carboxylic acids is 2. The number of aliphatic carboxylic acids is 2. The third kappa shape index (κ3) is 8.96. The number of hydrogen-bond donors (Lipinski definition) is 2. The van der Waals surface area contributed by atoms with Crippen molar-refractivity contribution in [3.63, 3.8) is 0 Å². The summed E-state index contributed by atoms with van der Waals surface area (Å²) in [6.45, 7) is 4.21. The Balaban J connectivity index is 3.84. The fourth-order valence-corrected chi connectivity index (χ4v) is 1.19. The summed E-state index contributed by atoms with van der Waals surface area (Å²) in [5.41, 5.74) is 0. The first-order valence-electron chi connectivity index (χ1n) is 4.68. The van der Waals surface area contributed by atoms with Crippen LogP contribution in [0.15, 0.2) is 12.7 Å². The zero-order chi connectivity index (χ0) is 11.7. The lowest BCUT2D eigenvalue weighted by Crippen LogP contribution is -2.14. The molecule has 5 nitrogen and oxygen atoms in total. The van der Waals surface area contributed by atoms with E-state index in [2.05, 4.69) is 6.58 Å². The quantitative estimate of drug-likeness (QED) is 0.446. The van der Waals surface area contributed by atoms with Crippen molar-refractivity contribution in [1.82, 2.24) is 0 Å². The molecular weight excluding hydrogens is 200 g/mol. The van der Waals surface area contributed by atoms with Crippen molar-refractivity contribution in [2.24, 2.45) is 5.92 Å². The Morgan fingerprint density at radius 1 is 1.27 bits per heavy atom. The number of ether oxygens (including phenoxy) is 1. The van der Waals surface area contributed by atoms with Crippen LogP contribution in [0.2, 0.25) is 0 Å². The average molecular weight is 216 g/mol. The molecule has 0 aromatic rings. The minimum absolute atomic E-state index is 0.135. The third-order valence-corrected chi connectivity index (χ3v) is 1.83. The average Bonchev–Trinajstić information content (AvgIpc) is 2.10. The van der Waals surface area contributed by atoms with Gasteiger partial charge in [0.25, 0.3) is 0 Å². The second-order valence-electron chi connectivity index (χ2n) is 3.21. The summed E-state index contributed by atoms with van der Waals surface area (Å²) in [5.74, 6) is -2.33. The maximum atomic E-state index is 10.4. The Kier molecular flexibility index (Phi) is 7.27. The first-order valence-corrected chi connectivity index (χ1v) is 4.68. The van der Waals surface area contributed by atoms with Crippen molar-refractivity contribution in [3.05, 3.63) is 12.7 Å². The molecule has 0 fully saturated rings. The van der Waals surface area contributed by atoms with E-state index in [-0.39, 0.29) is 18.8 Å². The summed E-state index contributed by atoms with van der Waals surface area (Å²) in [6, 6.07) is 0. The van der Waals surface area contributed by atoms with Gasteiger partial charge in [-0.1, -0.05) is 6.08 Å². The van der Waals surface area contributed by atoms with Crippen LogP contribution in [0.5, 0.6) is 0 Å². The van der Waals surface area contributed by atoms with Crippen molar-refractivity contribution >= 4 is 11.9 Å². The van der Waals surface area contributed by atoms with Crippen LogP contribution in [0.1, 0.15) is 19.3 Å². The fourth-order valence-electron chi connectivity index (χ4n) is 1.19. The van der Waals surface area contributed by atoms with Gasteiger partial charge < -0.3 is 14.9 Å². The van der Waals surface area contributed by atoms with E-state index in [4.69, 9.17) is 14.9 Å². The predicted molar refractivity (Wildman–Crippen MR) is 53.6 cm³/mol. The van der Waals surface area contributed by atoms with Crippen molar-refractivity contribution in [1.29, 1.82) is 0 Å². The molecule has 0 heterocycles. The van der Waals surface area contributed by atoms with Gasteiger partial charge in [-0.05, 0) is 12.3 Å². The van der Waals surface area contributed by atoms with Crippen LogP contribution in [0.4, 0.5) is 0 Å². The van der Waals surface area contributed by atoms with Gasteiger partial charge in [-0.3, -0.25) is 9.59 Å². The minimum atomic E-state index is -0.982. The molecule has 5 heteroatoms.